The second-order valence-electron chi connectivity index (χ2n) is 4.96. The Morgan fingerprint density at radius 1 is 1.15 bits per heavy atom. The first-order valence-corrected chi connectivity index (χ1v) is 8.32. The Bertz CT molecular complexity index is 651. The maximum absolute atomic E-state index is 11.4. The summed E-state index contributed by atoms with van der Waals surface area (Å²) in [6.45, 7) is 2.02. The maximum atomic E-state index is 11.4. The Labute approximate surface area is 117 Å². The van der Waals surface area contributed by atoms with Crippen LogP contribution >= 0.6 is 0 Å². The third kappa shape index (κ3) is 3.05. The average Bonchev–Trinajstić information content (AvgIpc) is 2.96. The Kier molecular flexibility index (Phi) is 3.54. The van der Waals surface area contributed by atoms with Crippen LogP contribution in [0.1, 0.15) is 5.56 Å². The number of nitrogens with one attached hydrogen (secondary N) is 1. The molecule has 1 N–H and O–H groups in total. The van der Waals surface area contributed by atoms with E-state index in [-0.39, 0.29) is 11.5 Å². The smallest absolute Gasteiger partial charge is 0.155 e. The molecule has 1 fully saturated rings. The summed E-state index contributed by atoms with van der Waals surface area (Å²) >= 11 is 0. The van der Waals surface area contributed by atoms with Crippen LogP contribution in [-0.2, 0) is 16.4 Å². The van der Waals surface area contributed by atoms with Crippen molar-refractivity contribution < 1.29 is 8.42 Å². The number of hydrogen-bond acceptors (Lipinski definition) is 5. The average molecular weight is 292 g/mol. The van der Waals surface area contributed by atoms with Crippen LogP contribution in [0.5, 0.6) is 0 Å². The highest BCUT2D eigenvalue weighted by Crippen LogP contribution is 2.16. The van der Waals surface area contributed by atoms with E-state index in [2.05, 4.69) is 20.1 Å². The number of hydrogen-bond donors (Lipinski definition) is 1. The normalized spacial score (nSPS) is 19.0. The van der Waals surface area contributed by atoms with Crippen LogP contribution < -0.4 is 0 Å². The standard InChI is InChI=1S/C13H16N4O2S/c18-20(19)7-5-17(6-8-20)9-11-1-3-12(4-2-11)13-14-10-15-16-13/h1-4,10H,5-9H2,(H,14,15,16). The maximum Gasteiger partial charge on any atom is 0.155 e. The molecule has 0 amide bonds. The molecule has 0 bridgehead atoms. The van der Waals surface area contributed by atoms with Crippen molar-refractivity contribution in [1.29, 1.82) is 0 Å². The van der Waals surface area contributed by atoms with E-state index in [4.69, 9.17) is 0 Å². The van der Waals surface area contributed by atoms with Gasteiger partial charge in [0.2, 0.25) is 0 Å². The highest BCUT2D eigenvalue weighted by molar-refractivity contribution is 7.91. The lowest BCUT2D eigenvalue weighted by Gasteiger charge is -2.26. The molecule has 1 saturated heterocycles. The Balaban J connectivity index is 1.64. The van der Waals surface area contributed by atoms with Gasteiger partial charge in [-0.2, -0.15) is 5.10 Å². The second-order valence-corrected chi connectivity index (χ2v) is 7.26. The number of H-pyrrole nitrogens is 1. The van der Waals surface area contributed by atoms with Crippen molar-refractivity contribution in [2.75, 3.05) is 24.6 Å². The summed E-state index contributed by atoms with van der Waals surface area (Å²) in [7, 11) is -2.81. The Morgan fingerprint density at radius 2 is 1.85 bits per heavy atom. The number of nitrogens with zero attached hydrogens (tertiary/aromatic N) is 3. The first-order chi connectivity index (χ1) is 9.62. The van der Waals surface area contributed by atoms with Crippen LogP contribution in [0, 0.1) is 0 Å². The lowest BCUT2D eigenvalue weighted by atomic mass is 10.1. The largest absolute Gasteiger partial charge is 0.297 e. The van der Waals surface area contributed by atoms with Crippen LogP contribution in [0.2, 0.25) is 0 Å². The second kappa shape index (κ2) is 5.34. The van der Waals surface area contributed by atoms with Crippen molar-refractivity contribution in [2.45, 2.75) is 6.54 Å². The van der Waals surface area contributed by atoms with Gasteiger partial charge in [0, 0.05) is 25.2 Å². The zero-order valence-corrected chi connectivity index (χ0v) is 11.8. The highest BCUT2D eigenvalue weighted by atomic mass is 32.2. The predicted octanol–water partition coefficient (Wildman–Crippen LogP) is 0.702. The van der Waals surface area contributed by atoms with Crippen molar-refractivity contribution in [3.8, 4) is 11.4 Å². The molecule has 0 unspecified atom stereocenters. The Morgan fingerprint density at radius 3 is 2.45 bits per heavy atom. The molecule has 0 saturated carbocycles. The van der Waals surface area contributed by atoms with Gasteiger partial charge >= 0.3 is 0 Å². The van der Waals surface area contributed by atoms with Gasteiger partial charge in [-0.3, -0.25) is 10.00 Å². The van der Waals surface area contributed by atoms with Gasteiger partial charge in [0.25, 0.3) is 0 Å². The molecule has 1 aromatic carbocycles. The van der Waals surface area contributed by atoms with Crippen molar-refractivity contribution in [1.82, 2.24) is 20.1 Å². The number of sulfone groups is 1. The summed E-state index contributed by atoms with van der Waals surface area (Å²) < 4.78 is 22.8. The number of benzene rings is 1. The van der Waals surface area contributed by atoms with Gasteiger partial charge in [-0.25, -0.2) is 13.4 Å². The lowest BCUT2D eigenvalue weighted by molar-refractivity contribution is 0.287. The fourth-order valence-electron chi connectivity index (χ4n) is 2.28. The van der Waals surface area contributed by atoms with Crippen LogP contribution in [0.3, 0.4) is 0 Å². The molecule has 0 atom stereocenters. The molecule has 1 aliphatic heterocycles. The molecule has 0 radical (unpaired) electrons. The summed E-state index contributed by atoms with van der Waals surface area (Å²) in [5, 5.41) is 6.65. The van der Waals surface area contributed by atoms with Gasteiger partial charge < -0.3 is 0 Å². The van der Waals surface area contributed by atoms with Crippen molar-refractivity contribution >= 4 is 9.84 Å². The van der Waals surface area contributed by atoms with E-state index >= 15 is 0 Å². The fraction of sp³-hybridized carbons (Fsp3) is 0.385. The summed E-state index contributed by atoms with van der Waals surface area (Å²) in [4.78, 5) is 6.28. The highest BCUT2D eigenvalue weighted by Gasteiger charge is 2.21. The van der Waals surface area contributed by atoms with Gasteiger partial charge in [0.1, 0.15) is 6.33 Å². The minimum atomic E-state index is -2.81. The quantitative estimate of drug-likeness (QED) is 0.901. The number of aromatic amines is 1. The van der Waals surface area contributed by atoms with E-state index in [9.17, 15) is 8.42 Å². The summed E-state index contributed by atoms with van der Waals surface area (Å²) in [5.41, 5.74) is 2.17. The van der Waals surface area contributed by atoms with E-state index in [0.29, 0.717) is 13.1 Å². The van der Waals surface area contributed by atoms with Gasteiger partial charge in [0.05, 0.1) is 11.5 Å². The third-order valence-electron chi connectivity index (χ3n) is 3.49. The molecule has 3 rings (SSSR count). The van der Waals surface area contributed by atoms with Gasteiger partial charge in [-0.05, 0) is 5.56 Å². The first-order valence-electron chi connectivity index (χ1n) is 6.50. The molecular weight excluding hydrogens is 276 g/mol. The van der Waals surface area contributed by atoms with Crippen LogP contribution in [0.25, 0.3) is 11.4 Å². The molecule has 2 aromatic rings. The monoisotopic (exact) mass is 292 g/mol. The first kappa shape index (κ1) is 13.3. The minimum absolute atomic E-state index is 0.267. The minimum Gasteiger partial charge on any atom is -0.297 e. The predicted molar refractivity (Wildman–Crippen MR) is 75.7 cm³/mol. The number of aromatic nitrogens is 3. The topological polar surface area (TPSA) is 79.0 Å². The van der Waals surface area contributed by atoms with E-state index in [1.54, 1.807) is 0 Å². The molecule has 1 aromatic heterocycles. The third-order valence-corrected chi connectivity index (χ3v) is 5.09. The molecule has 0 aliphatic carbocycles. The van der Waals surface area contributed by atoms with Crippen molar-refractivity contribution in [3.05, 3.63) is 36.2 Å². The summed E-state index contributed by atoms with van der Waals surface area (Å²) in [5.74, 6) is 1.28. The SMILES string of the molecule is O=S1(=O)CCN(Cc2ccc(-c3ncn[nH]3)cc2)CC1. The summed E-state index contributed by atoms with van der Waals surface area (Å²) in [6, 6.07) is 8.08. The van der Waals surface area contributed by atoms with E-state index in [0.717, 1.165) is 17.9 Å². The van der Waals surface area contributed by atoms with E-state index in [1.165, 1.54) is 11.9 Å². The van der Waals surface area contributed by atoms with Gasteiger partial charge in [-0.15, -0.1) is 0 Å². The van der Waals surface area contributed by atoms with Crippen LogP contribution in [-0.4, -0.2) is 53.1 Å². The summed E-state index contributed by atoms with van der Waals surface area (Å²) in [6.07, 6.45) is 1.48. The Hall–Kier alpha value is -1.73. The molecule has 7 heteroatoms. The zero-order valence-electron chi connectivity index (χ0n) is 11.0. The molecule has 1 aliphatic rings. The zero-order chi connectivity index (χ0) is 14.0. The molecule has 6 nitrogen and oxygen atoms in total. The number of rotatable bonds is 3. The molecule has 2 heterocycles. The molecule has 20 heavy (non-hydrogen) atoms. The van der Waals surface area contributed by atoms with Crippen molar-refractivity contribution in [2.24, 2.45) is 0 Å². The van der Waals surface area contributed by atoms with Crippen molar-refractivity contribution in [3.63, 3.8) is 0 Å². The lowest BCUT2D eigenvalue weighted by Crippen LogP contribution is -2.39. The van der Waals surface area contributed by atoms with E-state index < -0.39 is 9.84 Å². The molecule has 0 spiro atoms. The molecule has 106 valence electrons. The van der Waals surface area contributed by atoms with E-state index in [1.807, 2.05) is 24.3 Å². The van der Waals surface area contributed by atoms with Crippen LogP contribution in [0.15, 0.2) is 30.6 Å². The molecular formula is C13H16N4O2S. The van der Waals surface area contributed by atoms with Gasteiger partial charge in [-0.1, -0.05) is 24.3 Å². The van der Waals surface area contributed by atoms with Crippen LogP contribution in [0.4, 0.5) is 0 Å². The fourth-order valence-corrected chi connectivity index (χ4v) is 3.56. The van der Waals surface area contributed by atoms with Gasteiger partial charge in [0.15, 0.2) is 15.7 Å².